The van der Waals surface area contributed by atoms with E-state index in [0.29, 0.717) is 0 Å². The van der Waals surface area contributed by atoms with Gasteiger partial charge < -0.3 is 4.74 Å². The van der Waals surface area contributed by atoms with Crippen LogP contribution in [-0.4, -0.2) is 13.1 Å². The van der Waals surface area contributed by atoms with Gasteiger partial charge in [-0.15, -0.1) is 0 Å². The molecular formula is C19H20O2. The third kappa shape index (κ3) is 3.40. The Morgan fingerprint density at radius 3 is 2.10 bits per heavy atom. The van der Waals surface area contributed by atoms with Crippen molar-refractivity contribution < 1.29 is 9.53 Å². The van der Waals surface area contributed by atoms with Crippen LogP contribution in [0.1, 0.15) is 27.8 Å². The maximum atomic E-state index is 11.8. The molecule has 0 atom stereocenters. The van der Waals surface area contributed by atoms with E-state index < -0.39 is 0 Å². The normalized spacial score (nSPS) is 11.3. The predicted octanol–water partition coefficient (Wildman–Crippen LogP) is 4.22. The van der Waals surface area contributed by atoms with E-state index >= 15 is 0 Å². The molecule has 0 radical (unpaired) electrons. The largest absolute Gasteiger partial charge is 0.466 e. The minimum absolute atomic E-state index is 0.340. The average Bonchev–Trinajstić information content (AvgIpc) is 2.46. The fourth-order valence-corrected chi connectivity index (χ4v) is 2.70. The predicted molar refractivity (Wildman–Crippen MR) is 86.2 cm³/mol. The second-order valence-electron chi connectivity index (χ2n) is 5.22. The zero-order chi connectivity index (χ0) is 15.4. The number of ether oxygens (including phenoxy) is 1. The highest BCUT2D eigenvalue weighted by Gasteiger charge is 2.13. The zero-order valence-electron chi connectivity index (χ0n) is 12.9. The average molecular weight is 280 g/mol. The minimum atomic E-state index is -0.340. The number of aryl methyl sites for hydroxylation is 3. The van der Waals surface area contributed by atoms with Crippen LogP contribution >= 0.6 is 0 Å². The number of rotatable bonds is 3. The summed E-state index contributed by atoms with van der Waals surface area (Å²) in [7, 11) is 1.40. The molecule has 2 heteroatoms. The van der Waals surface area contributed by atoms with Crippen LogP contribution in [0.3, 0.4) is 0 Å². The van der Waals surface area contributed by atoms with E-state index in [1.165, 1.54) is 12.7 Å². The number of carbonyl (C=O) groups excluding carboxylic acids is 1. The molecule has 0 aliphatic rings. The minimum Gasteiger partial charge on any atom is -0.466 e. The third-order valence-corrected chi connectivity index (χ3v) is 3.49. The van der Waals surface area contributed by atoms with Gasteiger partial charge in [0.05, 0.1) is 7.11 Å². The van der Waals surface area contributed by atoms with Gasteiger partial charge in [0.25, 0.3) is 0 Å². The van der Waals surface area contributed by atoms with E-state index in [4.69, 9.17) is 4.74 Å². The quantitative estimate of drug-likeness (QED) is 0.621. The van der Waals surface area contributed by atoms with Crippen molar-refractivity contribution in [3.05, 3.63) is 76.4 Å². The molecule has 0 bridgehead atoms. The van der Waals surface area contributed by atoms with Crippen LogP contribution in [-0.2, 0) is 9.53 Å². The monoisotopic (exact) mass is 280 g/mol. The SMILES string of the molecule is COC(=O)/C=C(\c1ccccc1)c1c(C)cc(C)cc1C. The molecule has 0 amide bonds. The Bertz CT molecular complexity index is 659. The van der Waals surface area contributed by atoms with Gasteiger partial charge in [-0.25, -0.2) is 4.79 Å². The topological polar surface area (TPSA) is 26.3 Å². The number of hydrogen-bond donors (Lipinski definition) is 0. The summed E-state index contributed by atoms with van der Waals surface area (Å²) < 4.78 is 4.81. The molecule has 2 aromatic rings. The van der Waals surface area contributed by atoms with Gasteiger partial charge in [0.1, 0.15) is 0 Å². The Morgan fingerprint density at radius 1 is 1.00 bits per heavy atom. The molecule has 0 aromatic heterocycles. The summed E-state index contributed by atoms with van der Waals surface area (Å²) in [6.45, 7) is 6.22. The fraction of sp³-hybridized carbons (Fsp3) is 0.211. The molecule has 0 spiro atoms. The van der Waals surface area contributed by atoms with Crippen LogP contribution in [0.2, 0.25) is 0 Å². The summed E-state index contributed by atoms with van der Waals surface area (Å²) in [6, 6.07) is 14.2. The Hall–Kier alpha value is -2.35. The highest BCUT2D eigenvalue weighted by Crippen LogP contribution is 2.30. The molecule has 0 aliphatic heterocycles. The van der Waals surface area contributed by atoms with E-state index in [1.54, 1.807) is 6.08 Å². The van der Waals surface area contributed by atoms with Crippen molar-refractivity contribution in [1.29, 1.82) is 0 Å². The molecule has 0 heterocycles. The van der Waals surface area contributed by atoms with Crippen LogP contribution in [0.4, 0.5) is 0 Å². The molecule has 21 heavy (non-hydrogen) atoms. The van der Waals surface area contributed by atoms with E-state index in [2.05, 4.69) is 32.9 Å². The summed E-state index contributed by atoms with van der Waals surface area (Å²) in [5.74, 6) is -0.340. The Morgan fingerprint density at radius 2 is 1.57 bits per heavy atom. The lowest BCUT2D eigenvalue weighted by Gasteiger charge is -2.15. The summed E-state index contributed by atoms with van der Waals surface area (Å²) in [6.07, 6.45) is 1.57. The first kappa shape index (κ1) is 15.0. The standard InChI is InChI=1S/C19H20O2/c1-13-10-14(2)19(15(3)11-13)17(12-18(20)21-4)16-8-6-5-7-9-16/h5-12H,1-4H3/b17-12+. The van der Waals surface area contributed by atoms with Crippen LogP contribution < -0.4 is 0 Å². The van der Waals surface area contributed by atoms with Gasteiger partial charge >= 0.3 is 5.97 Å². The Kier molecular flexibility index (Phi) is 4.59. The summed E-state index contributed by atoms with van der Waals surface area (Å²) in [4.78, 5) is 11.8. The third-order valence-electron chi connectivity index (χ3n) is 3.49. The van der Waals surface area contributed by atoms with Gasteiger partial charge in [-0.1, -0.05) is 48.0 Å². The van der Waals surface area contributed by atoms with E-state index in [9.17, 15) is 4.79 Å². The molecule has 0 saturated carbocycles. The molecule has 2 nitrogen and oxygen atoms in total. The van der Waals surface area contributed by atoms with Crippen LogP contribution in [0.5, 0.6) is 0 Å². The van der Waals surface area contributed by atoms with Crippen molar-refractivity contribution in [2.24, 2.45) is 0 Å². The second kappa shape index (κ2) is 6.40. The maximum absolute atomic E-state index is 11.8. The molecule has 2 rings (SSSR count). The van der Waals surface area contributed by atoms with Crippen molar-refractivity contribution in [3.8, 4) is 0 Å². The first-order valence-electron chi connectivity index (χ1n) is 6.96. The van der Waals surface area contributed by atoms with Crippen molar-refractivity contribution in [3.63, 3.8) is 0 Å². The van der Waals surface area contributed by atoms with Crippen LogP contribution in [0.15, 0.2) is 48.5 Å². The summed E-state index contributed by atoms with van der Waals surface area (Å²) in [5, 5.41) is 0. The molecule has 2 aromatic carbocycles. The number of esters is 1. The highest BCUT2D eigenvalue weighted by atomic mass is 16.5. The molecular weight excluding hydrogens is 260 g/mol. The number of hydrogen-bond acceptors (Lipinski definition) is 2. The molecule has 0 fully saturated rings. The lowest BCUT2D eigenvalue weighted by atomic mass is 9.89. The van der Waals surface area contributed by atoms with Crippen molar-refractivity contribution in [2.75, 3.05) is 7.11 Å². The molecule has 108 valence electrons. The van der Waals surface area contributed by atoms with Crippen molar-refractivity contribution >= 4 is 11.5 Å². The smallest absolute Gasteiger partial charge is 0.331 e. The van der Waals surface area contributed by atoms with Crippen LogP contribution in [0.25, 0.3) is 5.57 Å². The van der Waals surface area contributed by atoms with Gasteiger partial charge in [0, 0.05) is 6.08 Å². The van der Waals surface area contributed by atoms with Crippen molar-refractivity contribution in [1.82, 2.24) is 0 Å². The first-order chi connectivity index (χ1) is 10.0. The number of carbonyl (C=O) groups is 1. The van der Waals surface area contributed by atoms with Gasteiger partial charge in [0.15, 0.2) is 0 Å². The molecule has 0 saturated heterocycles. The first-order valence-corrected chi connectivity index (χ1v) is 6.96. The number of benzene rings is 2. The molecule has 0 N–H and O–H groups in total. The summed E-state index contributed by atoms with van der Waals surface area (Å²) in [5.41, 5.74) is 6.55. The lowest BCUT2D eigenvalue weighted by Crippen LogP contribution is -2.01. The van der Waals surface area contributed by atoms with Crippen LogP contribution in [0, 0.1) is 20.8 Å². The molecule has 0 aliphatic carbocycles. The van der Waals surface area contributed by atoms with E-state index in [0.717, 1.165) is 27.8 Å². The van der Waals surface area contributed by atoms with Gasteiger partial charge in [-0.3, -0.25) is 0 Å². The molecule has 0 unspecified atom stereocenters. The maximum Gasteiger partial charge on any atom is 0.331 e. The van der Waals surface area contributed by atoms with Crippen molar-refractivity contribution in [2.45, 2.75) is 20.8 Å². The highest BCUT2D eigenvalue weighted by molar-refractivity contribution is 5.97. The lowest BCUT2D eigenvalue weighted by molar-refractivity contribution is -0.134. The van der Waals surface area contributed by atoms with E-state index in [1.807, 2.05) is 30.3 Å². The fourth-order valence-electron chi connectivity index (χ4n) is 2.70. The zero-order valence-corrected chi connectivity index (χ0v) is 12.9. The van der Waals surface area contributed by atoms with Gasteiger partial charge in [0.2, 0.25) is 0 Å². The summed E-state index contributed by atoms with van der Waals surface area (Å²) >= 11 is 0. The Labute approximate surface area is 126 Å². The number of methoxy groups -OCH3 is 1. The van der Waals surface area contributed by atoms with Gasteiger partial charge in [-0.05, 0) is 48.6 Å². The van der Waals surface area contributed by atoms with E-state index in [-0.39, 0.29) is 5.97 Å². The van der Waals surface area contributed by atoms with Gasteiger partial charge in [-0.2, -0.15) is 0 Å². The Balaban J connectivity index is 2.67. The second-order valence-corrected chi connectivity index (χ2v) is 5.22.